The minimum Gasteiger partial charge on any atom is -0.207 e. The summed E-state index contributed by atoms with van der Waals surface area (Å²) in [5.41, 5.74) is -0.936. The lowest BCUT2D eigenvalue weighted by molar-refractivity contribution is 0.485. The van der Waals surface area contributed by atoms with Gasteiger partial charge in [-0.2, -0.15) is 9.98 Å². The molecule has 1 aromatic carbocycles. The molecular formula is C12H13BrN2O2S. The molecule has 18 heavy (non-hydrogen) atoms. The van der Waals surface area contributed by atoms with Crippen molar-refractivity contribution >= 4 is 26.0 Å². The van der Waals surface area contributed by atoms with Crippen LogP contribution in [0.1, 0.15) is 25.7 Å². The zero-order valence-corrected chi connectivity index (χ0v) is 12.1. The molecule has 1 fully saturated rings. The van der Waals surface area contributed by atoms with Gasteiger partial charge in [-0.15, -0.1) is 0 Å². The van der Waals surface area contributed by atoms with Crippen molar-refractivity contribution in [3.05, 3.63) is 28.7 Å². The highest BCUT2D eigenvalue weighted by molar-refractivity contribution is 9.10. The van der Waals surface area contributed by atoms with E-state index in [9.17, 15) is 13.7 Å². The van der Waals surface area contributed by atoms with Crippen molar-refractivity contribution in [3.63, 3.8) is 0 Å². The van der Waals surface area contributed by atoms with E-state index in [1.165, 1.54) is 6.07 Å². The van der Waals surface area contributed by atoms with Crippen molar-refractivity contribution in [1.29, 1.82) is 5.26 Å². The van der Waals surface area contributed by atoms with Crippen molar-refractivity contribution in [3.8, 4) is 6.07 Å². The molecule has 1 saturated carbocycles. The van der Waals surface area contributed by atoms with Crippen LogP contribution in [0.4, 0.5) is 0 Å². The summed E-state index contributed by atoms with van der Waals surface area (Å²) in [6, 6.07) is 8.71. The number of benzene rings is 1. The lowest BCUT2D eigenvalue weighted by Gasteiger charge is -2.22. The Morgan fingerprint density at radius 2 is 1.89 bits per heavy atom. The normalized spacial score (nSPS) is 18.4. The van der Waals surface area contributed by atoms with Crippen LogP contribution < -0.4 is 4.72 Å². The van der Waals surface area contributed by atoms with Crippen molar-refractivity contribution < 1.29 is 8.42 Å². The van der Waals surface area contributed by atoms with Gasteiger partial charge in [0.25, 0.3) is 0 Å². The molecule has 1 aliphatic carbocycles. The first-order chi connectivity index (χ1) is 8.49. The van der Waals surface area contributed by atoms with Gasteiger partial charge in [0.05, 0.1) is 11.0 Å². The van der Waals surface area contributed by atoms with Gasteiger partial charge < -0.3 is 0 Å². The van der Waals surface area contributed by atoms with Gasteiger partial charge in [0.2, 0.25) is 10.0 Å². The molecule has 1 aromatic rings. The summed E-state index contributed by atoms with van der Waals surface area (Å²) in [7, 11) is -3.66. The van der Waals surface area contributed by atoms with E-state index in [2.05, 4.69) is 26.7 Å². The second kappa shape index (κ2) is 5.00. The fourth-order valence-corrected chi connectivity index (χ4v) is 4.57. The fourth-order valence-electron chi connectivity index (χ4n) is 2.19. The third-order valence-electron chi connectivity index (χ3n) is 3.13. The van der Waals surface area contributed by atoms with Crippen LogP contribution in [0.15, 0.2) is 33.6 Å². The molecule has 96 valence electrons. The van der Waals surface area contributed by atoms with E-state index in [1.807, 2.05) is 0 Å². The van der Waals surface area contributed by atoms with Crippen LogP contribution in [0.3, 0.4) is 0 Å². The summed E-state index contributed by atoms with van der Waals surface area (Å²) in [4.78, 5) is 0.173. The number of nitrogens with zero attached hydrogens (tertiary/aromatic N) is 1. The maximum Gasteiger partial charge on any atom is 0.243 e. The topological polar surface area (TPSA) is 70.0 Å². The average Bonchev–Trinajstić information content (AvgIpc) is 2.78. The minimum atomic E-state index is -3.66. The van der Waals surface area contributed by atoms with Crippen LogP contribution in [0.25, 0.3) is 0 Å². The molecule has 0 atom stereocenters. The van der Waals surface area contributed by atoms with Crippen molar-refractivity contribution in [2.24, 2.45) is 0 Å². The van der Waals surface area contributed by atoms with Gasteiger partial charge in [-0.25, -0.2) is 8.42 Å². The lowest BCUT2D eigenvalue weighted by Crippen LogP contribution is -2.45. The van der Waals surface area contributed by atoms with Crippen LogP contribution in [0.2, 0.25) is 0 Å². The Hall–Kier alpha value is -0.900. The molecule has 0 bridgehead atoms. The molecule has 0 amide bonds. The summed E-state index contributed by atoms with van der Waals surface area (Å²) >= 11 is 3.22. The number of hydrogen-bond donors (Lipinski definition) is 1. The molecule has 0 spiro atoms. The number of halogens is 1. The van der Waals surface area contributed by atoms with Gasteiger partial charge in [0, 0.05) is 4.47 Å². The highest BCUT2D eigenvalue weighted by Gasteiger charge is 2.38. The summed E-state index contributed by atoms with van der Waals surface area (Å²) in [6.07, 6.45) is 2.92. The smallest absolute Gasteiger partial charge is 0.207 e. The number of sulfonamides is 1. The molecule has 0 radical (unpaired) electrons. The molecule has 6 heteroatoms. The first-order valence-corrected chi connectivity index (χ1v) is 7.96. The van der Waals surface area contributed by atoms with E-state index in [4.69, 9.17) is 0 Å². The quantitative estimate of drug-likeness (QED) is 0.926. The molecule has 0 aliphatic heterocycles. The SMILES string of the molecule is N#CC1(NS(=O)(=O)c2ccccc2Br)CCCC1. The number of hydrogen-bond acceptors (Lipinski definition) is 3. The summed E-state index contributed by atoms with van der Waals surface area (Å²) in [5.74, 6) is 0. The number of nitriles is 1. The summed E-state index contributed by atoms with van der Waals surface area (Å²) < 4.78 is 27.6. The standard InChI is InChI=1S/C12H13BrN2O2S/c13-10-5-1-2-6-11(10)18(16,17)15-12(9-14)7-3-4-8-12/h1-2,5-6,15H,3-4,7-8H2. The molecule has 4 nitrogen and oxygen atoms in total. The van der Waals surface area contributed by atoms with E-state index < -0.39 is 15.6 Å². The highest BCUT2D eigenvalue weighted by atomic mass is 79.9. The Balaban J connectivity index is 2.34. The number of rotatable bonds is 3. The Morgan fingerprint density at radius 3 is 2.44 bits per heavy atom. The predicted molar refractivity (Wildman–Crippen MR) is 71.3 cm³/mol. The molecule has 2 rings (SSSR count). The van der Waals surface area contributed by atoms with Crippen LogP contribution >= 0.6 is 15.9 Å². The Morgan fingerprint density at radius 1 is 1.28 bits per heavy atom. The van der Waals surface area contributed by atoms with E-state index in [1.54, 1.807) is 18.2 Å². The first kappa shape index (κ1) is 13.5. The van der Waals surface area contributed by atoms with Crippen molar-refractivity contribution in [1.82, 2.24) is 4.72 Å². The second-order valence-electron chi connectivity index (χ2n) is 4.44. The fraction of sp³-hybridized carbons (Fsp3) is 0.417. The maximum atomic E-state index is 12.3. The zero-order chi connectivity index (χ0) is 13.2. The average molecular weight is 329 g/mol. The van der Waals surface area contributed by atoms with Gasteiger partial charge in [-0.05, 0) is 40.9 Å². The molecule has 0 saturated heterocycles. The first-order valence-electron chi connectivity index (χ1n) is 5.69. The number of nitrogens with one attached hydrogen (secondary N) is 1. The molecule has 0 heterocycles. The van der Waals surface area contributed by atoms with Gasteiger partial charge in [0.15, 0.2) is 0 Å². The van der Waals surface area contributed by atoms with Crippen molar-refractivity contribution in [2.75, 3.05) is 0 Å². The van der Waals surface area contributed by atoms with Crippen LogP contribution in [-0.4, -0.2) is 14.0 Å². The molecule has 0 unspecified atom stereocenters. The third kappa shape index (κ3) is 2.58. The second-order valence-corrected chi connectivity index (χ2v) is 6.94. The highest BCUT2D eigenvalue weighted by Crippen LogP contribution is 2.31. The van der Waals surface area contributed by atoms with E-state index in [0.717, 1.165) is 12.8 Å². The Bertz CT molecular complexity index is 586. The molecular weight excluding hydrogens is 316 g/mol. The molecule has 1 N–H and O–H groups in total. The lowest BCUT2D eigenvalue weighted by atomic mass is 10.0. The van der Waals surface area contributed by atoms with Gasteiger partial charge in [-0.3, -0.25) is 0 Å². The van der Waals surface area contributed by atoms with Crippen LogP contribution in [-0.2, 0) is 10.0 Å². The maximum absolute atomic E-state index is 12.3. The largest absolute Gasteiger partial charge is 0.243 e. The molecule has 1 aliphatic rings. The summed E-state index contributed by atoms with van der Waals surface area (Å²) in [5, 5.41) is 9.21. The zero-order valence-electron chi connectivity index (χ0n) is 9.69. The minimum absolute atomic E-state index is 0.173. The van der Waals surface area contributed by atoms with E-state index in [0.29, 0.717) is 17.3 Å². The van der Waals surface area contributed by atoms with Gasteiger partial charge in [0.1, 0.15) is 5.54 Å². The van der Waals surface area contributed by atoms with Crippen LogP contribution in [0.5, 0.6) is 0 Å². The van der Waals surface area contributed by atoms with Crippen LogP contribution in [0, 0.1) is 11.3 Å². The predicted octanol–water partition coefficient (Wildman–Crippen LogP) is 2.56. The van der Waals surface area contributed by atoms with Gasteiger partial charge >= 0.3 is 0 Å². The monoisotopic (exact) mass is 328 g/mol. The van der Waals surface area contributed by atoms with Gasteiger partial charge in [-0.1, -0.05) is 25.0 Å². The van der Waals surface area contributed by atoms with E-state index in [-0.39, 0.29) is 4.90 Å². The van der Waals surface area contributed by atoms with E-state index >= 15 is 0 Å². The third-order valence-corrected chi connectivity index (χ3v) is 5.68. The Kier molecular flexibility index (Phi) is 3.76. The van der Waals surface area contributed by atoms with Crippen molar-refractivity contribution in [2.45, 2.75) is 36.1 Å². The summed E-state index contributed by atoms with van der Waals surface area (Å²) in [6.45, 7) is 0. The molecule has 0 aromatic heterocycles. The Labute approximate surface area is 115 Å².